The molecule has 1 fully saturated rings. The average Bonchev–Trinajstić information content (AvgIpc) is 3.32. The van der Waals surface area contributed by atoms with Crippen LogP contribution in [0.1, 0.15) is 63.1 Å². The quantitative estimate of drug-likeness (QED) is 0.497. The fourth-order valence-corrected chi connectivity index (χ4v) is 7.55. The predicted molar refractivity (Wildman–Crippen MR) is 148 cm³/mol. The van der Waals surface area contributed by atoms with Crippen LogP contribution in [-0.2, 0) is 22.9 Å². The van der Waals surface area contributed by atoms with E-state index in [0.29, 0.717) is 19.0 Å². The number of hydrogen-bond donors (Lipinski definition) is 0. The number of aromatic nitrogens is 2. The minimum absolute atomic E-state index is 0.137. The second kappa shape index (κ2) is 11.1. The van der Waals surface area contributed by atoms with E-state index in [9.17, 15) is 8.42 Å². The standard InChI is InChI=1S/C29H40N4O3S/c1-4-5-22-18-30-29(31-19-22)32-12-8-24(9-13-32)28-17-26-16-25(6-7-27(26)36-28)23-10-14-33(15-11-23)37(34,35)20-21(2)3/h6-7,10,16,18-19,21,24,28H,4-5,8-9,11-15,17,20H2,1-3H3. The number of aryl methyl sites for hydroxylation is 1. The molecule has 1 aromatic heterocycles. The number of ether oxygens (including phenoxy) is 1. The lowest BCUT2D eigenvalue weighted by molar-refractivity contribution is 0.138. The number of sulfonamides is 1. The smallest absolute Gasteiger partial charge is 0.225 e. The first kappa shape index (κ1) is 26.2. The molecular weight excluding hydrogens is 484 g/mol. The van der Waals surface area contributed by atoms with E-state index in [2.05, 4.69) is 46.1 Å². The molecule has 3 aliphatic heterocycles. The highest BCUT2D eigenvalue weighted by Gasteiger charge is 2.34. The third-order valence-electron chi connectivity index (χ3n) is 7.82. The van der Waals surface area contributed by atoms with Gasteiger partial charge in [-0.1, -0.05) is 39.3 Å². The molecule has 0 amide bonds. The van der Waals surface area contributed by atoms with E-state index in [1.807, 2.05) is 26.2 Å². The van der Waals surface area contributed by atoms with Crippen molar-refractivity contribution in [3.63, 3.8) is 0 Å². The zero-order valence-corrected chi connectivity index (χ0v) is 23.2. The summed E-state index contributed by atoms with van der Waals surface area (Å²) < 4.78 is 33.2. The molecule has 0 saturated carbocycles. The van der Waals surface area contributed by atoms with Crippen molar-refractivity contribution in [2.24, 2.45) is 11.8 Å². The molecule has 0 bridgehead atoms. The third-order valence-corrected chi connectivity index (χ3v) is 10.0. The van der Waals surface area contributed by atoms with Gasteiger partial charge in [0.15, 0.2) is 0 Å². The summed E-state index contributed by atoms with van der Waals surface area (Å²) in [4.78, 5) is 11.5. The summed E-state index contributed by atoms with van der Waals surface area (Å²) in [5, 5.41) is 0. The molecular formula is C29H40N4O3S. The van der Waals surface area contributed by atoms with Crippen molar-refractivity contribution >= 4 is 21.5 Å². The fraction of sp³-hybridized carbons (Fsp3) is 0.586. The number of nitrogens with zero attached hydrogens (tertiary/aromatic N) is 4. The van der Waals surface area contributed by atoms with Crippen molar-refractivity contribution in [2.45, 2.75) is 65.4 Å². The Kier molecular flexibility index (Phi) is 7.86. The Bertz CT molecular complexity index is 1220. The molecule has 0 spiro atoms. The van der Waals surface area contributed by atoms with Crippen molar-refractivity contribution in [1.29, 1.82) is 0 Å². The first-order valence-corrected chi connectivity index (χ1v) is 15.5. The fourth-order valence-electron chi connectivity index (χ4n) is 5.83. The summed E-state index contributed by atoms with van der Waals surface area (Å²) in [6, 6.07) is 6.50. The van der Waals surface area contributed by atoms with Gasteiger partial charge in [0.25, 0.3) is 0 Å². The highest BCUT2D eigenvalue weighted by molar-refractivity contribution is 7.89. The van der Waals surface area contributed by atoms with Crippen LogP contribution in [0.4, 0.5) is 5.95 Å². The maximum absolute atomic E-state index is 12.6. The maximum Gasteiger partial charge on any atom is 0.225 e. The molecule has 4 heterocycles. The molecule has 1 saturated heterocycles. The van der Waals surface area contributed by atoms with E-state index in [4.69, 9.17) is 4.74 Å². The molecule has 1 atom stereocenters. The zero-order valence-electron chi connectivity index (χ0n) is 22.4. The molecule has 1 unspecified atom stereocenters. The van der Waals surface area contributed by atoms with Crippen LogP contribution >= 0.6 is 0 Å². The Balaban J connectivity index is 1.17. The van der Waals surface area contributed by atoms with Crippen LogP contribution in [0.5, 0.6) is 5.75 Å². The van der Waals surface area contributed by atoms with Crippen LogP contribution in [0.2, 0.25) is 0 Å². The van der Waals surface area contributed by atoms with Gasteiger partial charge in [-0.05, 0) is 71.9 Å². The molecule has 5 rings (SSSR count). The summed E-state index contributed by atoms with van der Waals surface area (Å²) in [5.74, 6) is 2.72. The molecule has 0 N–H and O–H groups in total. The second-order valence-electron chi connectivity index (χ2n) is 11.2. The summed E-state index contributed by atoms with van der Waals surface area (Å²) >= 11 is 0. The lowest BCUT2D eigenvalue weighted by atomic mass is 9.88. The second-order valence-corrected chi connectivity index (χ2v) is 13.2. The Morgan fingerprint density at radius 1 is 1.11 bits per heavy atom. The number of benzene rings is 1. The third kappa shape index (κ3) is 6.01. The summed E-state index contributed by atoms with van der Waals surface area (Å²) in [7, 11) is -3.19. The molecule has 37 heavy (non-hydrogen) atoms. The van der Waals surface area contributed by atoms with Gasteiger partial charge >= 0.3 is 0 Å². The Labute approximate surface area is 222 Å². The molecule has 200 valence electrons. The highest BCUT2D eigenvalue weighted by Crippen LogP contribution is 2.38. The number of rotatable bonds is 8. The summed E-state index contributed by atoms with van der Waals surface area (Å²) in [6.07, 6.45) is 12.2. The lowest BCUT2D eigenvalue weighted by Gasteiger charge is -2.34. The minimum Gasteiger partial charge on any atom is -0.490 e. The first-order valence-electron chi connectivity index (χ1n) is 13.8. The first-order chi connectivity index (χ1) is 17.8. The van der Waals surface area contributed by atoms with Crippen LogP contribution in [0.25, 0.3) is 5.57 Å². The topological polar surface area (TPSA) is 75.6 Å². The van der Waals surface area contributed by atoms with Crippen LogP contribution in [0.3, 0.4) is 0 Å². The predicted octanol–water partition coefficient (Wildman–Crippen LogP) is 4.72. The molecule has 3 aliphatic rings. The SMILES string of the molecule is CCCc1cnc(N2CCC(C3Cc4cc(C5=CCN(S(=O)(=O)CC(C)C)CC5)ccc4O3)CC2)nc1. The molecule has 8 heteroatoms. The van der Waals surface area contributed by atoms with Gasteiger partial charge in [-0.25, -0.2) is 18.4 Å². The normalized spacial score (nSPS) is 21.1. The van der Waals surface area contributed by atoms with Gasteiger partial charge in [0.1, 0.15) is 11.9 Å². The van der Waals surface area contributed by atoms with E-state index in [1.54, 1.807) is 4.31 Å². The molecule has 7 nitrogen and oxygen atoms in total. The van der Waals surface area contributed by atoms with Crippen LogP contribution in [0, 0.1) is 11.8 Å². The maximum atomic E-state index is 12.6. The number of fused-ring (bicyclic) bond motifs is 1. The van der Waals surface area contributed by atoms with Crippen molar-refractivity contribution < 1.29 is 13.2 Å². The van der Waals surface area contributed by atoms with Gasteiger partial charge in [0.05, 0.1) is 5.75 Å². The monoisotopic (exact) mass is 524 g/mol. The lowest BCUT2D eigenvalue weighted by Crippen LogP contribution is -2.40. The van der Waals surface area contributed by atoms with Gasteiger partial charge in [0.2, 0.25) is 16.0 Å². The number of anilines is 1. The zero-order chi connectivity index (χ0) is 26.0. The molecule has 0 radical (unpaired) electrons. The number of hydrogen-bond acceptors (Lipinski definition) is 6. The Morgan fingerprint density at radius 2 is 1.86 bits per heavy atom. The van der Waals surface area contributed by atoms with Crippen molar-refractivity contribution in [2.75, 3.05) is 36.8 Å². The van der Waals surface area contributed by atoms with Crippen LogP contribution in [-0.4, -0.2) is 60.7 Å². The Morgan fingerprint density at radius 3 is 2.51 bits per heavy atom. The van der Waals surface area contributed by atoms with Gasteiger partial charge in [-0.3, -0.25) is 0 Å². The van der Waals surface area contributed by atoms with E-state index >= 15 is 0 Å². The largest absolute Gasteiger partial charge is 0.490 e. The van der Waals surface area contributed by atoms with Crippen molar-refractivity contribution in [3.05, 3.63) is 53.4 Å². The van der Waals surface area contributed by atoms with Crippen LogP contribution in [0.15, 0.2) is 36.7 Å². The number of piperidine rings is 1. The summed E-state index contributed by atoms with van der Waals surface area (Å²) in [5.41, 5.74) is 4.91. The van der Waals surface area contributed by atoms with Crippen molar-refractivity contribution in [1.82, 2.24) is 14.3 Å². The van der Waals surface area contributed by atoms with E-state index in [1.165, 1.54) is 22.3 Å². The molecule has 1 aromatic carbocycles. The van der Waals surface area contributed by atoms with E-state index in [-0.39, 0.29) is 17.8 Å². The van der Waals surface area contributed by atoms with E-state index < -0.39 is 10.0 Å². The van der Waals surface area contributed by atoms with Crippen molar-refractivity contribution in [3.8, 4) is 5.75 Å². The van der Waals surface area contributed by atoms with Gasteiger partial charge < -0.3 is 9.64 Å². The summed E-state index contributed by atoms with van der Waals surface area (Å²) in [6.45, 7) is 9.02. The molecule has 0 aliphatic carbocycles. The minimum atomic E-state index is -3.19. The van der Waals surface area contributed by atoms with Gasteiger partial charge in [0, 0.05) is 45.0 Å². The van der Waals surface area contributed by atoms with E-state index in [0.717, 1.165) is 63.3 Å². The molecule has 2 aromatic rings. The Hall–Kier alpha value is -2.45. The van der Waals surface area contributed by atoms with Gasteiger partial charge in [-0.2, -0.15) is 4.31 Å². The highest BCUT2D eigenvalue weighted by atomic mass is 32.2. The van der Waals surface area contributed by atoms with Crippen LogP contribution < -0.4 is 9.64 Å². The van der Waals surface area contributed by atoms with Gasteiger partial charge in [-0.15, -0.1) is 0 Å². The average molecular weight is 525 g/mol.